The van der Waals surface area contributed by atoms with E-state index in [9.17, 15) is 13.2 Å². The topological polar surface area (TPSA) is 38.0 Å². The molecule has 0 saturated heterocycles. The van der Waals surface area contributed by atoms with Crippen molar-refractivity contribution < 1.29 is 13.2 Å². The fraction of sp³-hybridized carbons (Fsp3) is 0.143. The predicted molar refractivity (Wildman–Crippen MR) is 79.2 cm³/mol. The minimum atomic E-state index is -0.730. The first kappa shape index (κ1) is 16.3. The standard InChI is InChI=1S/C14H11BrClF3N2/c15-9-4-5-10(17)8(14(9)19)6-12(21-20)7-2-1-3-11(18)13(7)16/h1-5,12,21H,6,20H2. The lowest BCUT2D eigenvalue weighted by molar-refractivity contribution is 0.496. The quantitative estimate of drug-likeness (QED) is 0.473. The minimum Gasteiger partial charge on any atom is -0.271 e. The van der Waals surface area contributed by atoms with Crippen molar-refractivity contribution in [2.75, 3.05) is 0 Å². The van der Waals surface area contributed by atoms with Crippen LogP contribution in [-0.2, 0) is 6.42 Å². The number of halogens is 5. The molecule has 2 rings (SSSR count). The van der Waals surface area contributed by atoms with Gasteiger partial charge < -0.3 is 0 Å². The molecule has 7 heteroatoms. The SMILES string of the molecule is NNC(Cc1c(F)ccc(Br)c1F)c1cccc(F)c1Cl. The molecule has 1 atom stereocenters. The van der Waals surface area contributed by atoms with Crippen LogP contribution >= 0.6 is 27.5 Å². The average Bonchev–Trinajstić information content (AvgIpc) is 2.47. The van der Waals surface area contributed by atoms with Crippen LogP contribution in [0.1, 0.15) is 17.2 Å². The van der Waals surface area contributed by atoms with Crippen molar-refractivity contribution in [3.05, 3.63) is 68.4 Å². The van der Waals surface area contributed by atoms with Gasteiger partial charge in [-0.1, -0.05) is 23.7 Å². The molecule has 0 aliphatic carbocycles. The van der Waals surface area contributed by atoms with E-state index in [1.165, 1.54) is 18.2 Å². The molecule has 0 radical (unpaired) electrons. The number of nitrogens with one attached hydrogen (secondary N) is 1. The van der Waals surface area contributed by atoms with Crippen LogP contribution in [0.2, 0.25) is 5.02 Å². The Hall–Kier alpha value is -1.08. The lowest BCUT2D eigenvalue weighted by atomic mass is 9.98. The molecule has 2 aromatic rings. The van der Waals surface area contributed by atoms with Crippen LogP contribution in [0.4, 0.5) is 13.2 Å². The first-order valence-electron chi connectivity index (χ1n) is 5.98. The molecule has 3 N–H and O–H groups in total. The third kappa shape index (κ3) is 3.40. The summed E-state index contributed by atoms with van der Waals surface area (Å²) in [4.78, 5) is 0. The Morgan fingerprint density at radius 2 is 1.86 bits per heavy atom. The van der Waals surface area contributed by atoms with Gasteiger partial charge in [-0.05, 0) is 46.1 Å². The molecular formula is C14H11BrClF3N2. The third-order valence-electron chi connectivity index (χ3n) is 3.11. The van der Waals surface area contributed by atoms with Crippen LogP contribution in [-0.4, -0.2) is 0 Å². The molecule has 21 heavy (non-hydrogen) atoms. The summed E-state index contributed by atoms with van der Waals surface area (Å²) in [6.45, 7) is 0. The fourth-order valence-electron chi connectivity index (χ4n) is 2.01. The van der Waals surface area contributed by atoms with Gasteiger partial charge in [0.15, 0.2) is 0 Å². The zero-order valence-electron chi connectivity index (χ0n) is 10.6. The van der Waals surface area contributed by atoms with Gasteiger partial charge in [0.1, 0.15) is 17.5 Å². The van der Waals surface area contributed by atoms with Crippen LogP contribution in [0.25, 0.3) is 0 Å². The highest BCUT2D eigenvalue weighted by Crippen LogP contribution is 2.30. The maximum Gasteiger partial charge on any atom is 0.143 e. The second kappa shape index (κ2) is 6.79. The van der Waals surface area contributed by atoms with Crippen molar-refractivity contribution in [3.63, 3.8) is 0 Å². The second-order valence-electron chi connectivity index (χ2n) is 4.39. The highest BCUT2D eigenvalue weighted by Gasteiger charge is 2.21. The molecule has 0 aromatic heterocycles. The van der Waals surface area contributed by atoms with Gasteiger partial charge >= 0.3 is 0 Å². The third-order valence-corrected chi connectivity index (χ3v) is 4.12. The molecule has 0 amide bonds. The zero-order valence-corrected chi connectivity index (χ0v) is 13.0. The number of hydrazine groups is 1. The highest BCUT2D eigenvalue weighted by molar-refractivity contribution is 9.10. The smallest absolute Gasteiger partial charge is 0.143 e. The molecule has 2 aromatic carbocycles. The van der Waals surface area contributed by atoms with Gasteiger partial charge in [-0.3, -0.25) is 11.3 Å². The van der Waals surface area contributed by atoms with Gasteiger partial charge in [-0.15, -0.1) is 0 Å². The molecule has 0 aliphatic rings. The summed E-state index contributed by atoms with van der Waals surface area (Å²) < 4.78 is 41.4. The molecular weight excluding hydrogens is 369 g/mol. The van der Waals surface area contributed by atoms with E-state index >= 15 is 0 Å². The van der Waals surface area contributed by atoms with E-state index in [1.54, 1.807) is 6.07 Å². The van der Waals surface area contributed by atoms with Crippen molar-refractivity contribution in [2.24, 2.45) is 5.84 Å². The number of hydrogen-bond donors (Lipinski definition) is 2. The molecule has 0 bridgehead atoms. The summed E-state index contributed by atoms with van der Waals surface area (Å²) in [5, 5.41) is -0.128. The summed E-state index contributed by atoms with van der Waals surface area (Å²) in [6.07, 6.45) is -0.114. The van der Waals surface area contributed by atoms with Crippen LogP contribution in [0.5, 0.6) is 0 Å². The maximum absolute atomic E-state index is 14.0. The van der Waals surface area contributed by atoms with Crippen LogP contribution in [0.15, 0.2) is 34.8 Å². The van der Waals surface area contributed by atoms with Crippen molar-refractivity contribution >= 4 is 27.5 Å². The van der Waals surface area contributed by atoms with Gasteiger partial charge in [-0.25, -0.2) is 13.2 Å². The number of rotatable bonds is 4. The van der Waals surface area contributed by atoms with E-state index in [0.29, 0.717) is 5.56 Å². The Morgan fingerprint density at radius 3 is 2.52 bits per heavy atom. The Balaban J connectivity index is 2.41. The average molecular weight is 380 g/mol. The summed E-state index contributed by atoms with van der Waals surface area (Å²) in [7, 11) is 0. The van der Waals surface area contributed by atoms with Gasteiger partial charge in [0.25, 0.3) is 0 Å². The van der Waals surface area contributed by atoms with Crippen molar-refractivity contribution in [3.8, 4) is 0 Å². The largest absolute Gasteiger partial charge is 0.271 e. The highest BCUT2D eigenvalue weighted by atomic mass is 79.9. The molecule has 0 aliphatic heterocycles. The van der Waals surface area contributed by atoms with Crippen molar-refractivity contribution in [1.29, 1.82) is 0 Å². The normalized spacial score (nSPS) is 12.5. The van der Waals surface area contributed by atoms with E-state index in [-0.39, 0.29) is 21.5 Å². The molecule has 0 spiro atoms. The molecule has 0 saturated carbocycles. The fourth-order valence-corrected chi connectivity index (χ4v) is 2.64. The maximum atomic E-state index is 14.0. The Kier molecular flexibility index (Phi) is 5.27. The van der Waals surface area contributed by atoms with Crippen LogP contribution < -0.4 is 11.3 Å². The van der Waals surface area contributed by atoms with E-state index < -0.39 is 23.5 Å². The van der Waals surface area contributed by atoms with Crippen LogP contribution in [0.3, 0.4) is 0 Å². The van der Waals surface area contributed by atoms with Crippen LogP contribution in [0, 0.1) is 17.5 Å². The summed E-state index contributed by atoms with van der Waals surface area (Å²) in [5.74, 6) is 3.38. The predicted octanol–water partition coefficient (Wildman–Crippen LogP) is 4.27. The summed E-state index contributed by atoms with van der Waals surface area (Å²) in [5.41, 5.74) is 2.58. The molecule has 1 unspecified atom stereocenters. The number of nitrogens with two attached hydrogens (primary N) is 1. The first-order chi connectivity index (χ1) is 9.95. The van der Waals surface area contributed by atoms with Gasteiger partial charge in [-0.2, -0.15) is 0 Å². The number of benzene rings is 2. The van der Waals surface area contributed by atoms with Crippen molar-refractivity contribution in [2.45, 2.75) is 12.5 Å². The van der Waals surface area contributed by atoms with Gasteiger partial charge in [0.2, 0.25) is 0 Å². The van der Waals surface area contributed by atoms with Gasteiger partial charge in [0, 0.05) is 5.56 Å². The zero-order chi connectivity index (χ0) is 15.6. The van der Waals surface area contributed by atoms with E-state index in [0.717, 1.165) is 6.07 Å². The van der Waals surface area contributed by atoms with E-state index in [2.05, 4.69) is 21.4 Å². The summed E-state index contributed by atoms with van der Waals surface area (Å²) in [6, 6.07) is 5.88. The lowest BCUT2D eigenvalue weighted by Crippen LogP contribution is -2.30. The Labute approximate surface area is 133 Å². The van der Waals surface area contributed by atoms with E-state index in [1.807, 2.05) is 0 Å². The lowest BCUT2D eigenvalue weighted by Gasteiger charge is -2.19. The number of hydrogen-bond acceptors (Lipinski definition) is 2. The molecule has 0 heterocycles. The summed E-state index contributed by atoms with van der Waals surface area (Å²) >= 11 is 8.87. The van der Waals surface area contributed by atoms with Gasteiger partial charge in [0.05, 0.1) is 15.5 Å². The first-order valence-corrected chi connectivity index (χ1v) is 7.15. The van der Waals surface area contributed by atoms with E-state index in [4.69, 9.17) is 17.4 Å². The minimum absolute atomic E-state index is 0.114. The molecule has 0 fully saturated rings. The molecule has 2 nitrogen and oxygen atoms in total. The Morgan fingerprint density at radius 1 is 1.14 bits per heavy atom. The second-order valence-corrected chi connectivity index (χ2v) is 5.62. The Bertz CT molecular complexity index is 667. The van der Waals surface area contributed by atoms with Crippen molar-refractivity contribution in [1.82, 2.24) is 5.43 Å². The molecule has 112 valence electrons. The monoisotopic (exact) mass is 378 g/mol.